The number of hydrogen-bond donors (Lipinski definition) is 0. The van der Waals surface area contributed by atoms with Crippen LogP contribution < -0.4 is 9.04 Å². The number of anilines is 1. The highest BCUT2D eigenvalue weighted by Crippen LogP contribution is 2.35. The summed E-state index contributed by atoms with van der Waals surface area (Å²) in [6.07, 6.45) is 0. The number of carbonyl (C=O) groups excluding carboxylic acids is 2. The van der Waals surface area contributed by atoms with Crippen molar-refractivity contribution < 1.29 is 22.7 Å². The van der Waals surface area contributed by atoms with Gasteiger partial charge in [-0.2, -0.15) is 4.31 Å². The lowest BCUT2D eigenvalue weighted by Gasteiger charge is -2.24. The maximum Gasteiger partial charge on any atom is 0.343 e. The fourth-order valence-corrected chi connectivity index (χ4v) is 5.38. The molecule has 0 aliphatic heterocycles. The molecule has 37 heavy (non-hydrogen) atoms. The van der Waals surface area contributed by atoms with Crippen molar-refractivity contribution in [1.29, 1.82) is 0 Å². The zero-order valence-corrected chi connectivity index (χ0v) is 20.3. The molecule has 0 saturated carbocycles. The van der Waals surface area contributed by atoms with Crippen molar-refractivity contribution in [2.45, 2.75) is 4.90 Å². The maximum absolute atomic E-state index is 14.1. The Hall–Kier alpha value is -4.75. The van der Waals surface area contributed by atoms with E-state index in [9.17, 15) is 18.0 Å². The summed E-state index contributed by atoms with van der Waals surface area (Å²) < 4.78 is 34.4. The van der Waals surface area contributed by atoms with Gasteiger partial charge in [0, 0.05) is 5.56 Å². The van der Waals surface area contributed by atoms with Crippen LogP contribution in [0.4, 0.5) is 5.69 Å². The number of sulfonamides is 1. The van der Waals surface area contributed by atoms with Crippen molar-refractivity contribution in [2.24, 2.45) is 0 Å². The van der Waals surface area contributed by atoms with E-state index in [1.165, 1.54) is 36.4 Å². The molecule has 0 heterocycles. The molecule has 5 aromatic carbocycles. The van der Waals surface area contributed by atoms with Crippen molar-refractivity contribution in [1.82, 2.24) is 0 Å². The minimum absolute atomic E-state index is 0.0648. The second kappa shape index (κ2) is 10.1. The average Bonchev–Trinajstić information content (AvgIpc) is 2.94. The molecule has 0 bridgehead atoms. The number of hydrogen-bond acceptors (Lipinski definition) is 5. The lowest BCUT2D eigenvalue weighted by atomic mass is 10.1. The number of carbonyl (C=O) groups is 2. The number of para-hydroxylation sites is 2. The van der Waals surface area contributed by atoms with Crippen LogP contribution in [0, 0.1) is 0 Å². The van der Waals surface area contributed by atoms with Crippen LogP contribution in [0.2, 0.25) is 0 Å². The minimum Gasteiger partial charge on any atom is -0.421 e. The normalized spacial score (nSPS) is 11.1. The summed E-state index contributed by atoms with van der Waals surface area (Å²) in [6, 6.07) is 34.5. The molecule has 0 radical (unpaired) electrons. The van der Waals surface area contributed by atoms with Gasteiger partial charge in [-0.3, -0.25) is 4.79 Å². The number of fused-ring (bicyclic) bond motifs is 1. The first kappa shape index (κ1) is 24.0. The molecular formula is C30H21NO5S. The summed E-state index contributed by atoms with van der Waals surface area (Å²) in [5, 5.41) is 1.57. The highest BCUT2D eigenvalue weighted by Gasteiger charge is 2.34. The Morgan fingerprint density at radius 1 is 0.595 bits per heavy atom. The molecule has 1 amide bonds. The van der Waals surface area contributed by atoms with E-state index in [0.717, 1.165) is 5.39 Å². The largest absolute Gasteiger partial charge is 0.421 e. The van der Waals surface area contributed by atoms with Crippen molar-refractivity contribution in [3.8, 4) is 5.75 Å². The van der Waals surface area contributed by atoms with Gasteiger partial charge in [0.2, 0.25) is 0 Å². The van der Waals surface area contributed by atoms with Gasteiger partial charge in [-0.25, -0.2) is 13.2 Å². The van der Waals surface area contributed by atoms with Crippen LogP contribution in [0.15, 0.2) is 132 Å². The number of amides is 1. The standard InChI is InChI=1S/C30H21NO5S/c32-29(23-12-3-1-4-13-23)31(37(34,35)26-20-19-22-11-7-8-16-25(22)21-26)27-17-9-10-18-28(27)36-30(33)24-14-5-2-6-15-24/h1-21H. The highest BCUT2D eigenvalue weighted by atomic mass is 32.2. The van der Waals surface area contributed by atoms with E-state index in [4.69, 9.17) is 4.74 Å². The van der Waals surface area contributed by atoms with E-state index in [2.05, 4.69) is 0 Å². The van der Waals surface area contributed by atoms with Crippen LogP contribution in [0.1, 0.15) is 20.7 Å². The average molecular weight is 508 g/mol. The van der Waals surface area contributed by atoms with Gasteiger partial charge in [-0.05, 0) is 59.3 Å². The molecule has 0 unspecified atom stereocenters. The highest BCUT2D eigenvalue weighted by molar-refractivity contribution is 7.93. The first-order chi connectivity index (χ1) is 17.9. The van der Waals surface area contributed by atoms with Crippen LogP contribution in [-0.4, -0.2) is 20.3 Å². The minimum atomic E-state index is -4.42. The monoisotopic (exact) mass is 507 g/mol. The van der Waals surface area contributed by atoms with Crippen LogP contribution in [0.3, 0.4) is 0 Å². The first-order valence-corrected chi connectivity index (χ1v) is 12.9. The van der Waals surface area contributed by atoms with Gasteiger partial charge >= 0.3 is 5.97 Å². The van der Waals surface area contributed by atoms with E-state index in [1.54, 1.807) is 72.8 Å². The quantitative estimate of drug-likeness (QED) is 0.205. The summed E-state index contributed by atoms with van der Waals surface area (Å²) in [5.74, 6) is -1.52. The fourth-order valence-electron chi connectivity index (χ4n) is 3.92. The second-order valence-corrected chi connectivity index (χ2v) is 9.96. The van der Waals surface area contributed by atoms with E-state index < -0.39 is 21.9 Å². The maximum atomic E-state index is 14.1. The molecule has 0 fully saturated rings. The predicted molar refractivity (Wildman–Crippen MR) is 142 cm³/mol. The van der Waals surface area contributed by atoms with Gasteiger partial charge in [-0.1, -0.05) is 78.9 Å². The van der Waals surface area contributed by atoms with Crippen LogP contribution in [-0.2, 0) is 10.0 Å². The van der Waals surface area contributed by atoms with Crippen molar-refractivity contribution >= 4 is 38.4 Å². The molecule has 0 saturated heterocycles. The lowest BCUT2D eigenvalue weighted by Crippen LogP contribution is -2.37. The third kappa shape index (κ3) is 4.85. The molecule has 0 spiro atoms. The molecule has 5 aromatic rings. The Morgan fingerprint density at radius 2 is 1.16 bits per heavy atom. The van der Waals surface area contributed by atoms with Gasteiger partial charge in [0.25, 0.3) is 15.9 Å². The van der Waals surface area contributed by atoms with Crippen molar-refractivity contribution in [3.05, 3.63) is 139 Å². The summed E-state index contributed by atoms with van der Waals surface area (Å²) in [6.45, 7) is 0. The van der Waals surface area contributed by atoms with Gasteiger partial charge in [0.15, 0.2) is 5.75 Å². The Kier molecular flexibility index (Phi) is 6.53. The zero-order chi connectivity index (χ0) is 25.8. The molecule has 5 rings (SSSR count). The zero-order valence-electron chi connectivity index (χ0n) is 19.5. The fraction of sp³-hybridized carbons (Fsp3) is 0. The van der Waals surface area contributed by atoms with E-state index in [1.807, 2.05) is 18.2 Å². The molecular weight excluding hydrogens is 486 g/mol. The summed E-state index contributed by atoms with van der Waals surface area (Å²) in [4.78, 5) is 26.5. The van der Waals surface area contributed by atoms with Gasteiger partial charge in [-0.15, -0.1) is 0 Å². The Balaban J connectivity index is 1.65. The molecule has 0 aliphatic carbocycles. The van der Waals surface area contributed by atoms with Crippen molar-refractivity contribution in [3.63, 3.8) is 0 Å². The lowest BCUT2D eigenvalue weighted by molar-refractivity contribution is 0.0734. The SMILES string of the molecule is O=C(Oc1ccccc1N(C(=O)c1ccccc1)S(=O)(=O)c1ccc2ccccc2c1)c1ccccc1. The number of rotatable bonds is 6. The van der Waals surface area contributed by atoms with E-state index >= 15 is 0 Å². The van der Waals surface area contributed by atoms with Crippen molar-refractivity contribution in [2.75, 3.05) is 4.31 Å². The third-order valence-corrected chi connectivity index (χ3v) is 7.45. The first-order valence-electron chi connectivity index (χ1n) is 11.4. The van der Waals surface area contributed by atoms with E-state index in [0.29, 0.717) is 9.69 Å². The number of benzene rings is 5. The Labute approximate surface area is 214 Å². The summed E-state index contributed by atoms with van der Waals surface area (Å²) >= 11 is 0. The molecule has 0 atom stereocenters. The number of esters is 1. The summed E-state index contributed by atoms with van der Waals surface area (Å²) in [7, 11) is -4.42. The van der Waals surface area contributed by atoms with E-state index in [-0.39, 0.29) is 27.5 Å². The molecule has 0 aromatic heterocycles. The van der Waals surface area contributed by atoms with Gasteiger partial charge < -0.3 is 4.74 Å². The topological polar surface area (TPSA) is 80.8 Å². The Bertz CT molecular complexity index is 1700. The second-order valence-electron chi connectivity index (χ2n) is 8.17. The van der Waals surface area contributed by atoms with Crippen LogP contribution in [0.25, 0.3) is 10.8 Å². The third-order valence-electron chi connectivity index (χ3n) is 5.76. The molecule has 6 nitrogen and oxygen atoms in total. The van der Waals surface area contributed by atoms with Crippen LogP contribution >= 0.6 is 0 Å². The van der Waals surface area contributed by atoms with Gasteiger partial charge in [0.1, 0.15) is 5.69 Å². The molecule has 0 N–H and O–H groups in total. The summed E-state index contributed by atoms with van der Waals surface area (Å²) in [5.41, 5.74) is 0.375. The smallest absolute Gasteiger partial charge is 0.343 e. The Morgan fingerprint density at radius 3 is 1.86 bits per heavy atom. The predicted octanol–water partition coefficient (Wildman–Crippen LogP) is 6.09. The number of ether oxygens (including phenoxy) is 1. The molecule has 0 aliphatic rings. The van der Waals surface area contributed by atoms with Gasteiger partial charge in [0.05, 0.1) is 10.5 Å². The number of nitrogens with zero attached hydrogens (tertiary/aromatic N) is 1. The molecule has 182 valence electrons. The van der Waals surface area contributed by atoms with Crippen LogP contribution in [0.5, 0.6) is 5.75 Å². The molecule has 7 heteroatoms.